The monoisotopic (exact) mass is 455 g/mol. The number of benzene rings is 2. The summed E-state index contributed by atoms with van der Waals surface area (Å²) in [6.45, 7) is 0. The molecular weight excluding hydrogens is 443 g/mol. The van der Waals surface area contributed by atoms with Gasteiger partial charge in [-0.05, 0) is 30.3 Å². The number of methoxy groups -OCH3 is 2. The molecule has 0 saturated carbocycles. The number of rotatable bonds is 6. The van der Waals surface area contributed by atoms with Crippen molar-refractivity contribution in [2.24, 2.45) is 0 Å². The molecular formula is C15H13BrF3NO5S. The second-order valence-corrected chi connectivity index (χ2v) is 7.38. The van der Waals surface area contributed by atoms with E-state index in [9.17, 15) is 21.6 Å². The second-order valence-electron chi connectivity index (χ2n) is 4.81. The van der Waals surface area contributed by atoms with Crippen LogP contribution in [0, 0.1) is 0 Å². The van der Waals surface area contributed by atoms with Gasteiger partial charge < -0.3 is 14.2 Å². The fraction of sp³-hybridized carbons (Fsp3) is 0.200. The van der Waals surface area contributed by atoms with Crippen molar-refractivity contribution in [3.63, 3.8) is 0 Å². The molecule has 2 aromatic carbocycles. The highest BCUT2D eigenvalue weighted by Crippen LogP contribution is 2.36. The van der Waals surface area contributed by atoms with Crippen LogP contribution in [0.15, 0.2) is 45.8 Å². The molecule has 0 amide bonds. The van der Waals surface area contributed by atoms with Crippen LogP contribution >= 0.6 is 15.9 Å². The lowest BCUT2D eigenvalue weighted by molar-refractivity contribution is -0.274. The highest BCUT2D eigenvalue weighted by Gasteiger charge is 2.33. The lowest BCUT2D eigenvalue weighted by atomic mass is 10.3. The van der Waals surface area contributed by atoms with Crippen LogP contribution in [0.5, 0.6) is 17.2 Å². The second kappa shape index (κ2) is 7.62. The van der Waals surface area contributed by atoms with E-state index in [0.717, 1.165) is 12.1 Å². The van der Waals surface area contributed by atoms with E-state index in [2.05, 4.69) is 25.4 Å². The van der Waals surface area contributed by atoms with Crippen molar-refractivity contribution in [2.45, 2.75) is 11.3 Å². The highest BCUT2D eigenvalue weighted by molar-refractivity contribution is 9.10. The van der Waals surface area contributed by atoms with Gasteiger partial charge >= 0.3 is 6.36 Å². The van der Waals surface area contributed by atoms with Gasteiger partial charge in [-0.2, -0.15) is 0 Å². The topological polar surface area (TPSA) is 73.9 Å². The van der Waals surface area contributed by atoms with Crippen molar-refractivity contribution < 1.29 is 35.8 Å². The number of hydrogen-bond donors (Lipinski definition) is 1. The summed E-state index contributed by atoms with van der Waals surface area (Å²) in [5.41, 5.74) is -0.393. The largest absolute Gasteiger partial charge is 0.573 e. The zero-order valence-corrected chi connectivity index (χ0v) is 15.8. The van der Waals surface area contributed by atoms with Gasteiger partial charge in [0, 0.05) is 10.5 Å². The molecule has 11 heteroatoms. The number of alkyl halides is 3. The van der Waals surface area contributed by atoms with Gasteiger partial charge in [-0.15, -0.1) is 13.2 Å². The van der Waals surface area contributed by atoms with Crippen LogP contribution in [0.2, 0.25) is 0 Å². The van der Waals surface area contributed by atoms with Crippen LogP contribution in [-0.4, -0.2) is 29.0 Å². The summed E-state index contributed by atoms with van der Waals surface area (Å²) in [5, 5.41) is 0. The molecule has 0 unspecified atom stereocenters. The Hall–Kier alpha value is -2.14. The minimum absolute atomic E-state index is 0.00583. The fourth-order valence-electron chi connectivity index (χ4n) is 1.98. The fourth-order valence-corrected chi connectivity index (χ4v) is 3.58. The predicted molar refractivity (Wildman–Crippen MR) is 91.2 cm³/mol. The molecule has 0 aliphatic carbocycles. The Bertz CT molecular complexity index is 903. The Labute approximate surface area is 156 Å². The third-order valence-corrected chi connectivity index (χ3v) is 4.95. The standard InChI is InChI=1S/C15H13BrF3NO5S/c1-23-10-4-6-12(24-2)14(8-10)26(21,22)20-11-5-3-9(16)7-13(11)25-15(17,18)19/h3-8,20H,1-2H3. The van der Waals surface area contributed by atoms with Gasteiger partial charge in [0.15, 0.2) is 5.75 Å². The number of anilines is 1. The van der Waals surface area contributed by atoms with E-state index in [1.165, 1.54) is 38.5 Å². The number of halogens is 4. The molecule has 0 bridgehead atoms. The smallest absolute Gasteiger partial charge is 0.497 e. The lowest BCUT2D eigenvalue weighted by Gasteiger charge is -2.16. The minimum Gasteiger partial charge on any atom is -0.497 e. The zero-order valence-electron chi connectivity index (χ0n) is 13.4. The average molecular weight is 456 g/mol. The van der Waals surface area contributed by atoms with Gasteiger partial charge in [0.05, 0.1) is 19.9 Å². The zero-order chi connectivity index (χ0) is 19.5. The van der Waals surface area contributed by atoms with Gasteiger partial charge in [-0.3, -0.25) is 4.72 Å². The average Bonchev–Trinajstić information content (AvgIpc) is 2.55. The molecule has 0 radical (unpaired) electrons. The summed E-state index contributed by atoms with van der Waals surface area (Å²) >= 11 is 3.01. The normalized spacial score (nSPS) is 11.8. The molecule has 0 spiro atoms. The molecule has 6 nitrogen and oxygen atoms in total. The van der Waals surface area contributed by atoms with Crippen LogP contribution in [0.25, 0.3) is 0 Å². The third-order valence-electron chi connectivity index (χ3n) is 3.07. The Morgan fingerprint density at radius 1 is 1.00 bits per heavy atom. The quantitative estimate of drug-likeness (QED) is 0.707. The van der Waals surface area contributed by atoms with Gasteiger partial charge in [-0.25, -0.2) is 8.42 Å². The molecule has 2 aromatic rings. The van der Waals surface area contributed by atoms with Gasteiger partial charge in [-0.1, -0.05) is 15.9 Å². The van der Waals surface area contributed by atoms with E-state index >= 15 is 0 Å². The van der Waals surface area contributed by atoms with Crippen LogP contribution in [-0.2, 0) is 10.0 Å². The molecule has 0 aliphatic rings. The van der Waals surface area contributed by atoms with Crippen molar-refractivity contribution in [1.29, 1.82) is 0 Å². The first-order valence-corrected chi connectivity index (χ1v) is 9.13. The molecule has 2 rings (SSSR count). The Morgan fingerprint density at radius 2 is 1.69 bits per heavy atom. The van der Waals surface area contributed by atoms with Crippen molar-refractivity contribution in [3.8, 4) is 17.2 Å². The third kappa shape index (κ3) is 4.94. The van der Waals surface area contributed by atoms with E-state index in [1.54, 1.807) is 0 Å². The maximum atomic E-state index is 12.7. The summed E-state index contributed by atoms with van der Waals surface area (Å²) in [4.78, 5) is -0.305. The summed E-state index contributed by atoms with van der Waals surface area (Å²) < 4.78 is 79.3. The summed E-state index contributed by atoms with van der Waals surface area (Å²) in [7, 11) is -1.69. The number of nitrogens with one attached hydrogen (secondary N) is 1. The molecule has 0 heterocycles. The van der Waals surface area contributed by atoms with E-state index in [0.29, 0.717) is 0 Å². The summed E-state index contributed by atoms with van der Waals surface area (Å²) in [5.74, 6) is -0.486. The molecule has 0 aromatic heterocycles. The Kier molecular flexibility index (Phi) is 5.91. The van der Waals surface area contributed by atoms with Crippen LogP contribution in [0.4, 0.5) is 18.9 Å². The first-order chi connectivity index (χ1) is 12.1. The van der Waals surface area contributed by atoms with Crippen molar-refractivity contribution >= 4 is 31.6 Å². The lowest BCUT2D eigenvalue weighted by Crippen LogP contribution is -2.20. The number of hydrogen-bond acceptors (Lipinski definition) is 5. The molecule has 26 heavy (non-hydrogen) atoms. The molecule has 0 aliphatic heterocycles. The maximum Gasteiger partial charge on any atom is 0.573 e. The first-order valence-electron chi connectivity index (χ1n) is 6.86. The van der Waals surface area contributed by atoms with Crippen LogP contribution in [0.3, 0.4) is 0 Å². The molecule has 1 N–H and O–H groups in total. The highest BCUT2D eigenvalue weighted by atomic mass is 79.9. The maximum absolute atomic E-state index is 12.7. The van der Waals surface area contributed by atoms with E-state index in [-0.39, 0.29) is 20.9 Å². The molecule has 0 saturated heterocycles. The number of sulfonamides is 1. The molecule has 0 fully saturated rings. The van der Waals surface area contributed by atoms with Crippen LogP contribution < -0.4 is 18.9 Å². The van der Waals surface area contributed by atoms with Gasteiger partial charge in [0.25, 0.3) is 10.0 Å². The first kappa shape index (κ1) is 20.2. The van der Waals surface area contributed by atoms with E-state index < -0.39 is 27.8 Å². The van der Waals surface area contributed by atoms with E-state index in [4.69, 9.17) is 9.47 Å². The Balaban J connectivity index is 2.48. The van der Waals surface area contributed by atoms with Crippen molar-refractivity contribution in [2.75, 3.05) is 18.9 Å². The Morgan fingerprint density at radius 3 is 2.27 bits per heavy atom. The minimum atomic E-state index is -4.99. The summed E-state index contributed by atoms with van der Waals surface area (Å²) in [6.07, 6.45) is -4.99. The predicted octanol–water partition coefficient (Wildman–Crippen LogP) is 4.17. The van der Waals surface area contributed by atoms with E-state index in [1.807, 2.05) is 0 Å². The molecule has 142 valence electrons. The van der Waals surface area contributed by atoms with Crippen molar-refractivity contribution in [3.05, 3.63) is 40.9 Å². The summed E-state index contributed by atoms with van der Waals surface area (Å²) in [6, 6.07) is 7.52. The van der Waals surface area contributed by atoms with Gasteiger partial charge in [0.2, 0.25) is 0 Å². The SMILES string of the molecule is COc1ccc(OC)c(S(=O)(=O)Nc2ccc(Br)cc2OC(F)(F)F)c1. The van der Waals surface area contributed by atoms with Crippen molar-refractivity contribution in [1.82, 2.24) is 0 Å². The molecule has 0 atom stereocenters. The number of ether oxygens (including phenoxy) is 3. The van der Waals surface area contributed by atoms with Gasteiger partial charge in [0.1, 0.15) is 16.4 Å². The van der Waals surface area contributed by atoms with Crippen LogP contribution in [0.1, 0.15) is 0 Å².